The zero-order chi connectivity index (χ0) is 12.3. The van der Waals surface area contributed by atoms with Crippen LogP contribution >= 0.6 is 0 Å². The second-order valence-electron chi connectivity index (χ2n) is 5.39. The molecule has 4 heteroatoms. The number of nitrogens with zero attached hydrogens (tertiary/aromatic N) is 1. The van der Waals surface area contributed by atoms with Gasteiger partial charge in [0.1, 0.15) is 0 Å². The minimum atomic E-state index is -0.885. The summed E-state index contributed by atoms with van der Waals surface area (Å²) in [5.74, 6) is 0.394. The lowest BCUT2D eigenvalue weighted by Crippen LogP contribution is -2.53. The van der Waals surface area contributed by atoms with Gasteiger partial charge >= 0.3 is 0 Å². The van der Waals surface area contributed by atoms with Gasteiger partial charge in [0.2, 0.25) is 5.91 Å². The molecule has 1 rings (SSSR count). The fourth-order valence-corrected chi connectivity index (χ4v) is 2.44. The van der Waals surface area contributed by atoms with Crippen LogP contribution in [-0.4, -0.2) is 35.5 Å². The van der Waals surface area contributed by atoms with Gasteiger partial charge in [0.25, 0.3) is 0 Å². The van der Waals surface area contributed by atoms with E-state index in [0.717, 1.165) is 19.0 Å². The Balaban J connectivity index is 2.47. The van der Waals surface area contributed by atoms with Gasteiger partial charge in [-0.2, -0.15) is 0 Å². The monoisotopic (exact) mass is 227 g/mol. The third-order valence-corrected chi connectivity index (χ3v) is 3.80. The van der Waals surface area contributed by atoms with Crippen LogP contribution in [0.5, 0.6) is 0 Å². The standard InChI is InChI=1S/C12H25N3O/c1-4-10-5-6-15(8-10)9(2)7-12(3,14)11(13)16/h9-10H,4-8,14H2,1-3H3,(H2,13,16). The highest BCUT2D eigenvalue weighted by molar-refractivity contribution is 5.83. The SMILES string of the molecule is CCC1CCN(C(C)CC(C)(N)C(N)=O)C1. The molecule has 1 heterocycles. The third kappa shape index (κ3) is 3.19. The molecule has 0 aliphatic carbocycles. The third-order valence-electron chi connectivity index (χ3n) is 3.80. The Morgan fingerprint density at radius 2 is 2.25 bits per heavy atom. The van der Waals surface area contributed by atoms with Crippen molar-refractivity contribution in [3.05, 3.63) is 0 Å². The van der Waals surface area contributed by atoms with Crippen LogP contribution in [-0.2, 0) is 4.79 Å². The number of carbonyl (C=O) groups is 1. The summed E-state index contributed by atoms with van der Waals surface area (Å²) in [5.41, 5.74) is 10.3. The normalized spacial score (nSPS) is 27.6. The molecule has 0 aromatic heterocycles. The number of rotatable bonds is 5. The van der Waals surface area contributed by atoms with E-state index in [1.807, 2.05) is 0 Å². The zero-order valence-corrected chi connectivity index (χ0v) is 10.7. The number of primary amides is 1. The molecule has 1 aliphatic rings. The molecule has 3 atom stereocenters. The van der Waals surface area contributed by atoms with Crippen molar-refractivity contribution >= 4 is 5.91 Å². The summed E-state index contributed by atoms with van der Waals surface area (Å²) in [5, 5.41) is 0. The van der Waals surface area contributed by atoms with Crippen molar-refractivity contribution in [3.63, 3.8) is 0 Å². The smallest absolute Gasteiger partial charge is 0.237 e. The van der Waals surface area contributed by atoms with Crippen LogP contribution in [0.25, 0.3) is 0 Å². The van der Waals surface area contributed by atoms with E-state index in [1.165, 1.54) is 12.8 Å². The molecule has 0 bridgehead atoms. The molecule has 94 valence electrons. The van der Waals surface area contributed by atoms with Gasteiger partial charge in [0.15, 0.2) is 0 Å². The summed E-state index contributed by atoms with van der Waals surface area (Å²) in [7, 11) is 0. The van der Waals surface area contributed by atoms with Gasteiger partial charge in [-0.25, -0.2) is 0 Å². The van der Waals surface area contributed by atoms with Crippen molar-refractivity contribution in [2.75, 3.05) is 13.1 Å². The first kappa shape index (κ1) is 13.5. The summed E-state index contributed by atoms with van der Waals surface area (Å²) >= 11 is 0. The Morgan fingerprint density at radius 1 is 1.62 bits per heavy atom. The maximum atomic E-state index is 11.2. The Labute approximate surface area is 98.3 Å². The second-order valence-corrected chi connectivity index (χ2v) is 5.39. The van der Waals surface area contributed by atoms with E-state index in [2.05, 4.69) is 18.7 Å². The molecule has 0 radical (unpaired) electrons. The predicted molar refractivity (Wildman–Crippen MR) is 65.8 cm³/mol. The van der Waals surface area contributed by atoms with Crippen molar-refractivity contribution < 1.29 is 4.79 Å². The molecule has 0 aromatic rings. The molecule has 1 saturated heterocycles. The molecule has 4 N–H and O–H groups in total. The first-order chi connectivity index (χ1) is 7.36. The highest BCUT2D eigenvalue weighted by atomic mass is 16.1. The lowest BCUT2D eigenvalue weighted by molar-refractivity contribution is -0.123. The Hall–Kier alpha value is -0.610. The van der Waals surface area contributed by atoms with E-state index in [4.69, 9.17) is 11.5 Å². The fraction of sp³-hybridized carbons (Fsp3) is 0.917. The first-order valence-corrected chi connectivity index (χ1v) is 6.19. The highest BCUT2D eigenvalue weighted by Crippen LogP contribution is 2.24. The number of carbonyl (C=O) groups excluding carboxylic acids is 1. The molecular formula is C12H25N3O. The van der Waals surface area contributed by atoms with Gasteiger partial charge in [0, 0.05) is 12.6 Å². The lowest BCUT2D eigenvalue weighted by atomic mass is 9.93. The molecule has 4 nitrogen and oxygen atoms in total. The largest absolute Gasteiger partial charge is 0.368 e. The molecule has 3 unspecified atom stereocenters. The summed E-state index contributed by atoms with van der Waals surface area (Å²) < 4.78 is 0. The van der Waals surface area contributed by atoms with Crippen LogP contribution in [0.1, 0.15) is 40.0 Å². The topological polar surface area (TPSA) is 72.3 Å². The lowest BCUT2D eigenvalue weighted by Gasteiger charge is -2.30. The average Bonchev–Trinajstić information content (AvgIpc) is 2.64. The van der Waals surface area contributed by atoms with E-state index in [1.54, 1.807) is 6.92 Å². The van der Waals surface area contributed by atoms with Crippen LogP contribution in [0.4, 0.5) is 0 Å². The molecule has 1 aliphatic heterocycles. The molecule has 1 amide bonds. The minimum Gasteiger partial charge on any atom is -0.368 e. The van der Waals surface area contributed by atoms with Crippen LogP contribution in [0.3, 0.4) is 0 Å². The number of nitrogens with two attached hydrogens (primary N) is 2. The van der Waals surface area contributed by atoms with E-state index < -0.39 is 11.4 Å². The van der Waals surface area contributed by atoms with E-state index in [0.29, 0.717) is 12.5 Å². The van der Waals surface area contributed by atoms with Gasteiger partial charge < -0.3 is 16.4 Å². The molecule has 0 aromatic carbocycles. The number of likely N-dealkylation sites (tertiary alicyclic amines) is 1. The molecule has 1 fully saturated rings. The van der Waals surface area contributed by atoms with Crippen molar-refractivity contribution in [2.45, 2.75) is 51.6 Å². The van der Waals surface area contributed by atoms with E-state index >= 15 is 0 Å². The van der Waals surface area contributed by atoms with E-state index in [9.17, 15) is 4.79 Å². The van der Waals surface area contributed by atoms with Crippen LogP contribution in [0, 0.1) is 5.92 Å². The molecular weight excluding hydrogens is 202 g/mol. The summed E-state index contributed by atoms with van der Waals surface area (Å²) in [6.45, 7) is 8.33. The van der Waals surface area contributed by atoms with Gasteiger partial charge in [-0.1, -0.05) is 13.3 Å². The average molecular weight is 227 g/mol. The predicted octanol–water partition coefficient (Wildman–Crippen LogP) is 0.700. The first-order valence-electron chi connectivity index (χ1n) is 6.19. The van der Waals surface area contributed by atoms with Gasteiger partial charge in [-0.05, 0) is 39.2 Å². The van der Waals surface area contributed by atoms with Gasteiger partial charge in [-0.15, -0.1) is 0 Å². The van der Waals surface area contributed by atoms with Crippen LogP contribution < -0.4 is 11.5 Å². The molecule has 16 heavy (non-hydrogen) atoms. The second kappa shape index (κ2) is 5.15. The Morgan fingerprint density at radius 3 is 2.69 bits per heavy atom. The Bertz CT molecular complexity index is 253. The van der Waals surface area contributed by atoms with Crippen molar-refractivity contribution in [1.29, 1.82) is 0 Å². The maximum absolute atomic E-state index is 11.2. The zero-order valence-electron chi connectivity index (χ0n) is 10.7. The quantitative estimate of drug-likeness (QED) is 0.726. The van der Waals surface area contributed by atoms with Crippen LogP contribution in [0.15, 0.2) is 0 Å². The fourth-order valence-electron chi connectivity index (χ4n) is 2.44. The number of hydrogen-bond donors (Lipinski definition) is 2. The Kier molecular flexibility index (Phi) is 4.33. The maximum Gasteiger partial charge on any atom is 0.237 e. The van der Waals surface area contributed by atoms with Crippen molar-refractivity contribution in [1.82, 2.24) is 4.90 Å². The van der Waals surface area contributed by atoms with E-state index in [-0.39, 0.29) is 0 Å². The molecule has 0 spiro atoms. The summed E-state index contributed by atoms with van der Waals surface area (Å²) in [6.07, 6.45) is 3.14. The number of hydrogen-bond acceptors (Lipinski definition) is 3. The van der Waals surface area contributed by atoms with Crippen molar-refractivity contribution in [3.8, 4) is 0 Å². The van der Waals surface area contributed by atoms with Gasteiger partial charge in [0.05, 0.1) is 5.54 Å². The minimum absolute atomic E-state index is 0.332. The van der Waals surface area contributed by atoms with Crippen LogP contribution in [0.2, 0.25) is 0 Å². The van der Waals surface area contributed by atoms with Crippen molar-refractivity contribution in [2.24, 2.45) is 17.4 Å². The summed E-state index contributed by atoms with van der Waals surface area (Å²) in [6, 6.07) is 0.332. The molecule has 0 saturated carbocycles. The number of amides is 1. The van der Waals surface area contributed by atoms with Gasteiger partial charge in [-0.3, -0.25) is 4.79 Å². The summed E-state index contributed by atoms with van der Waals surface area (Å²) in [4.78, 5) is 13.6. The highest BCUT2D eigenvalue weighted by Gasteiger charge is 2.32.